The number of ketones is 1. The molecule has 0 radical (unpaired) electrons. The van der Waals surface area contributed by atoms with E-state index in [4.69, 9.17) is 33.4 Å². The van der Waals surface area contributed by atoms with E-state index in [0.717, 1.165) is 0 Å². The smallest absolute Gasteiger partial charge is 0.339 e. The first-order valence-corrected chi connectivity index (χ1v) is 23.7. The summed E-state index contributed by atoms with van der Waals surface area (Å²) in [4.78, 5) is 66.8. The Labute approximate surface area is 421 Å². The van der Waals surface area contributed by atoms with Crippen LogP contribution in [0.15, 0.2) is 91.6 Å². The third-order valence-corrected chi connectivity index (χ3v) is 12.0. The van der Waals surface area contributed by atoms with Crippen LogP contribution >= 0.6 is 0 Å². The van der Waals surface area contributed by atoms with E-state index in [1.807, 2.05) is 47.6 Å². The quantitative estimate of drug-likeness (QED) is 0.0587. The molecule has 0 saturated carbocycles. The first kappa shape index (κ1) is 51.4. The van der Waals surface area contributed by atoms with E-state index < -0.39 is 11.5 Å². The molecule has 2 aliphatic rings. The fraction of sp³-hybridized carbons (Fsp3) is 0.392. The summed E-state index contributed by atoms with van der Waals surface area (Å²) in [5, 5.41) is 17.9. The number of pyridine rings is 3. The topological polar surface area (TPSA) is 244 Å². The largest absolute Gasteiger partial charge is 0.491 e. The van der Waals surface area contributed by atoms with Crippen molar-refractivity contribution >= 4 is 29.4 Å². The van der Waals surface area contributed by atoms with Crippen LogP contribution in [0.5, 0.6) is 17.4 Å². The predicted octanol–water partition coefficient (Wildman–Crippen LogP) is 4.73. The number of fused-ring (bicyclic) bond motifs is 1. The molecular formula is C51H56N12O10. The number of nitrogens with zero attached hydrogens (tertiary/aromatic N) is 12. The molecule has 1 fully saturated rings. The van der Waals surface area contributed by atoms with Gasteiger partial charge < -0.3 is 47.9 Å². The van der Waals surface area contributed by atoms with Crippen LogP contribution < -0.4 is 19.3 Å². The number of Topliss-reactive ketones (excluding diaryl/α,β-unsaturated/α-hetero) is 1. The molecule has 1 aromatic carbocycles. The SMILES string of the molecule is COC(=O)c1ccc(Oc2cccc(OCCOCCOCCOCCOCc3cn(CC(=O)N4CCN(c5ncc(-c6ccc7c(n6)N(Cc6cccnc6C#N)C(C)(C)C7=O)cn5)C[C@H]4C)nn3)c2)nc1. The molecule has 22 nitrogen and oxygen atoms in total. The van der Waals surface area contributed by atoms with Gasteiger partial charge in [0.1, 0.15) is 47.9 Å². The molecule has 73 heavy (non-hydrogen) atoms. The minimum Gasteiger partial charge on any atom is -0.491 e. The summed E-state index contributed by atoms with van der Waals surface area (Å²) >= 11 is 0. The van der Waals surface area contributed by atoms with Crippen molar-refractivity contribution in [3.63, 3.8) is 0 Å². The molecule has 0 spiro atoms. The number of nitriles is 1. The maximum Gasteiger partial charge on any atom is 0.339 e. The maximum absolute atomic E-state index is 13.4. The number of carbonyl (C=O) groups excluding carboxylic acids is 3. The van der Waals surface area contributed by atoms with Gasteiger partial charge >= 0.3 is 5.97 Å². The normalized spacial score (nSPS) is 15.0. The highest BCUT2D eigenvalue weighted by atomic mass is 16.6. The van der Waals surface area contributed by atoms with E-state index in [0.29, 0.717) is 148 Å². The molecule has 22 heteroatoms. The molecule has 5 aromatic heterocycles. The second-order valence-electron chi connectivity index (χ2n) is 17.4. The molecule has 7 heterocycles. The van der Waals surface area contributed by atoms with Crippen molar-refractivity contribution < 1.29 is 47.5 Å². The number of rotatable bonds is 24. The van der Waals surface area contributed by atoms with Gasteiger partial charge in [0.05, 0.1) is 88.5 Å². The highest BCUT2D eigenvalue weighted by Gasteiger charge is 2.45. The van der Waals surface area contributed by atoms with Crippen LogP contribution in [0.1, 0.15) is 58.4 Å². The van der Waals surface area contributed by atoms with Gasteiger partial charge in [0.2, 0.25) is 17.7 Å². The highest BCUT2D eigenvalue weighted by Crippen LogP contribution is 2.40. The Morgan fingerprint density at radius 1 is 0.836 bits per heavy atom. The van der Waals surface area contributed by atoms with Gasteiger partial charge in [-0.15, -0.1) is 5.10 Å². The van der Waals surface area contributed by atoms with Crippen molar-refractivity contribution in [2.45, 2.75) is 52.0 Å². The molecule has 380 valence electrons. The minimum atomic E-state index is -0.875. The molecular weight excluding hydrogens is 941 g/mol. The van der Waals surface area contributed by atoms with E-state index in [9.17, 15) is 19.6 Å². The molecule has 0 aliphatic carbocycles. The number of carbonyl (C=O) groups is 3. The predicted molar refractivity (Wildman–Crippen MR) is 262 cm³/mol. The lowest BCUT2D eigenvalue weighted by Crippen LogP contribution is -2.55. The number of hydrogen-bond acceptors (Lipinski definition) is 20. The van der Waals surface area contributed by atoms with Gasteiger partial charge in [-0.2, -0.15) is 5.26 Å². The third kappa shape index (κ3) is 13.1. The number of methoxy groups -OCH3 is 1. The summed E-state index contributed by atoms with van der Waals surface area (Å²) in [7, 11) is 1.31. The molecule has 8 rings (SSSR count). The number of amides is 1. The third-order valence-electron chi connectivity index (χ3n) is 12.0. The molecule has 1 saturated heterocycles. The second-order valence-corrected chi connectivity index (χ2v) is 17.4. The summed E-state index contributed by atoms with van der Waals surface area (Å²) in [5.41, 5.74) is 2.88. The van der Waals surface area contributed by atoms with Crippen LogP contribution in [-0.2, 0) is 48.2 Å². The van der Waals surface area contributed by atoms with E-state index in [-0.39, 0.29) is 30.9 Å². The summed E-state index contributed by atoms with van der Waals surface area (Å²) in [5.74, 6) is 1.96. The number of aromatic nitrogens is 8. The monoisotopic (exact) mass is 996 g/mol. The fourth-order valence-electron chi connectivity index (χ4n) is 8.14. The van der Waals surface area contributed by atoms with E-state index >= 15 is 0 Å². The zero-order chi connectivity index (χ0) is 51.2. The van der Waals surface area contributed by atoms with Crippen molar-refractivity contribution in [2.75, 3.05) is 89.4 Å². The van der Waals surface area contributed by atoms with Gasteiger partial charge in [0.25, 0.3) is 0 Å². The number of piperazine rings is 1. The van der Waals surface area contributed by atoms with Crippen LogP contribution in [0.3, 0.4) is 0 Å². The Balaban J connectivity index is 0.673. The lowest BCUT2D eigenvalue weighted by atomic mass is 9.97. The Morgan fingerprint density at radius 3 is 2.29 bits per heavy atom. The maximum atomic E-state index is 13.4. The first-order valence-electron chi connectivity index (χ1n) is 23.7. The van der Waals surface area contributed by atoms with Gasteiger partial charge in [0, 0.05) is 80.3 Å². The number of benzene rings is 1. The number of esters is 1. The van der Waals surface area contributed by atoms with Gasteiger partial charge in [-0.3, -0.25) is 9.59 Å². The van der Waals surface area contributed by atoms with Crippen LogP contribution in [0.25, 0.3) is 11.3 Å². The average molecular weight is 997 g/mol. The van der Waals surface area contributed by atoms with Crippen molar-refractivity contribution in [1.82, 2.24) is 44.8 Å². The molecule has 2 aliphatic heterocycles. The number of anilines is 2. The second kappa shape index (κ2) is 24.4. The van der Waals surface area contributed by atoms with Gasteiger partial charge in [-0.05, 0) is 57.2 Å². The van der Waals surface area contributed by atoms with Gasteiger partial charge in [-0.1, -0.05) is 17.3 Å². The number of ether oxygens (including phenoxy) is 7. The van der Waals surface area contributed by atoms with Crippen molar-refractivity contribution in [3.05, 3.63) is 120 Å². The lowest BCUT2D eigenvalue weighted by molar-refractivity contribution is -0.134. The van der Waals surface area contributed by atoms with E-state index in [1.165, 1.54) is 18.0 Å². The standard InChI is InChI=1S/C51H56N12O10/c1-35-30-60(50-55-28-38(29-56-50)43-12-11-42-47(65)51(2,3)63(48(42)57-43)31-37-7-6-14-53-44(37)26-52)15-16-62(35)46(64)33-61-32-39(58-59-61)34-71-22-21-69-18-17-68-19-20-70-23-24-72-40-8-5-9-41(25-40)73-45-13-10-36(27-54-45)49(66)67-4/h5-14,25,27-29,32,35H,15-24,30-31,33-34H2,1-4H3/t35-/m1/s1. The molecule has 1 atom stereocenters. The summed E-state index contributed by atoms with van der Waals surface area (Å²) in [6, 6.07) is 19.5. The van der Waals surface area contributed by atoms with Gasteiger partial charge in [0.15, 0.2) is 5.78 Å². The highest BCUT2D eigenvalue weighted by molar-refractivity contribution is 6.12. The Morgan fingerprint density at radius 2 is 1.58 bits per heavy atom. The molecule has 0 bridgehead atoms. The zero-order valence-corrected chi connectivity index (χ0v) is 41.1. The summed E-state index contributed by atoms with van der Waals surface area (Å²) in [6.45, 7) is 10.9. The average Bonchev–Trinajstić information content (AvgIpc) is 3.93. The fourth-order valence-corrected chi connectivity index (χ4v) is 8.14. The van der Waals surface area contributed by atoms with Gasteiger partial charge in [-0.25, -0.2) is 34.4 Å². The zero-order valence-electron chi connectivity index (χ0n) is 41.1. The molecule has 0 unspecified atom stereocenters. The van der Waals surface area contributed by atoms with Crippen molar-refractivity contribution in [3.8, 4) is 34.7 Å². The van der Waals surface area contributed by atoms with E-state index in [1.54, 1.807) is 73.3 Å². The summed E-state index contributed by atoms with van der Waals surface area (Å²) in [6.07, 6.45) is 8.10. The Kier molecular flexibility index (Phi) is 17.2. The van der Waals surface area contributed by atoms with Crippen molar-refractivity contribution in [2.24, 2.45) is 0 Å². The van der Waals surface area contributed by atoms with Crippen LogP contribution in [-0.4, -0.2) is 154 Å². The van der Waals surface area contributed by atoms with Crippen LogP contribution in [0, 0.1) is 11.3 Å². The van der Waals surface area contributed by atoms with Crippen molar-refractivity contribution in [1.29, 1.82) is 5.26 Å². The molecule has 0 N–H and O–H groups in total. The Bertz CT molecular complexity index is 2880. The van der Waals surface area contributed by atoms with E-state index in [2.05, 4.69) is 41.1 Å². The molecule has 6 aromatic rings. The Hall–Kier alpha value is -7.97. The number of hydrogen-bond donors (Lipinski definition) is 0. The van der Waals surface area contributed by atoms with Crippen LogP contribution in [0.4, 0.5) is 11.8 Å². The lowest BCUT2D eigenvalue weighted by Gasteiger charge is -2.39. The minimum absolute atomic E-state index is 0.0440. The summed E-state index contributed by atoms with van der Waals surface area (Å²) < 4.78 is 40.2. The first-order chi connectivity index (χ1) is 35.5. The van der Waals surface area contributed by atoms with Crippen LogP contribution in [0.2, 0.25) is 0 Å². The molecule has 1 amide bonds.